The lowest BCUT2D eigenvalue weighted by Crippen LogP contribution is -2.35. The number of benzene rings is 2. The third-order valence-corrected chi connectivity index (χ3v) is 5.20. The number of nitrogens with one attached hydrogen (secondary N) is 1. The van der Waals surface area contributed by atoms with E-state index in [1.54, 1.807) is 6.07 Å². The van der Waals surface area contributed by atoms with Crippen LogP contribution in [0.3, 0.4) is 0 Å². The first kappa shape index (κ1) is 22.5. The first-order valence-corrected chi connectivity index (χ1v) is 10.2. The lowest BCUT2D eigenvalue weighted by molar-refractivity contribution is -0.120. The summed E-state index contributed by atoms with van der Waals surface area (Å²) in [6, 6.07) is 13.8. The first-order chi connectivity index (χ1) is 14.8. The van der Waals surface area contributed by atoms with Gasteiger partial charge in [-0.05, 0) is 63.3 Å². The van der Waals surface area contributed by atoms with Gasteiger partial charge in [-0.1, -0.05) is 29.4 Å². The number of amides is 1. The molecule has 0 aliphatic carbocycles. The van der Waals surface area contributed by atoms with E-state index in [0.717, 1.165) is 28.1 Å². The molecule has 0 aliphatic rings. The fourth-order valence-electron chi connectivity index (χ4n) is 3.34. The lowest BCUT2D eigenvalue weighted by Gasteiger charge is -2.25. The predicted octanol–water partition coefficient (Wildman–Crippen LogP) is 3.97. The molecule has 1 heterocycles. The molecule has 6 nitrogen and oxygen atoms in total. The summed E-state index contributed by atoms with van der Waals surface area (Å²) in [5, 5.41) is 6.87. The molecule has 2 aromatic carbocycles. The molecule has 164 valence electrons. The van der Waals surface area contributed by atoms with E-state index in [9.17, 15) is 9.18 Å². The van der Waals surface area contributed by atoms with Gasteiger partial charge >= 0.3 is 0 Å². The Labute approximate surface area is 182 Å². The molecule has 1 aromatic heterocycles. The highest BCUT2D eigenvalue weighted by molar-refractivity contribution is 5.78. The van der Waals surface area contributed by atoms with Gasteiger partial charge in [-0.2, -0.15) is 0 Å². The van der Waals surface area contributed by atoms with Crippen molar-refractivity contribution in [2.45, 2.75) is 32.9 Å². The molecule has 31 heavy (non-hydrogen) atoms. The average Bonchev–Trinajstić information content (AvgIpc) is 3.05. The van der Waals surface area contributed by atoms with Crippen molar-refractivity contribution in [2.75, 3.05) is 20.6 Å². The van der Waals surface area contributed by atoms with Crippen LogP contribution < -0.4 is 10.1 Å². The normalized spacial score (nSPS) is 12.1. The third kappa shape index (κ3) is 6.15. The van der Waals surface area contributed by atoms with Crippen molar-refractivity contribution in [2.24, 2.45) is 0 Å². The maximum Gasteiger partial charge on any atom is 0.224 e. The second kappa shape index (κ2) is 10.2. The Bertz CT molecular complexity index is 996. The molecule has 0 bridgehead atoms. The minimum absolute atomic E-state index is 0.0901. The summed E-state index contributed by atoms with van der Waals surface area (Å²) in [5.74, 6) is 1.09. The number of carbonyl (C=O) groups is 1. The number of hydrogen-bond donors (Lipinski definition) is 1. The Kier molecular flexibility index (Phi) is 7.41. The largest absolute Gasteiger partial charge is 0.489 e. The number of aromatic nitrogens is 1. The smallest absolute Gasteiger partial charge is 0.224 e. The van der Waals surface area contributed by atoms with E-state index in [4.69, 9.17) is 9.26 Å². The highest BCUT2D eigenvalue weighted by Crippen LogP contribution is 2.19. The van der Waals surface area contributed by atoms with Crippen molar-refractivity contribution >= 4 is 5.91 Å². The van der Waals surface area contributed by atoms with Gasteiger partial charge in [-0.3, -0.25) is 4.79 Å². The molecule has 3 rings (SSSR count). The van der Waals surface area contributed by atoms with Crippen LogP contribution in [0.1, 0.15) is 34.2 Å². The van der Waals surface area contributed by atoms with Gasteiger partial charge < -0.3 is 19.5 Å². The average molecular weight is 426 g/mol. The molecule has 0 saturated carbocycles. The Hall–Kier alpha value is -3.19. The second-order valence-corrected chi connectivity index (χ2v) is 7.75. The van der Waals surface area contributed by atoms with Crippen LogP contribution >= 0.6 is 0 Å². The van der Waals surface area contributed by atoms with Gasteiger partial charge in [-0.15, -0.1) is 0 Å². The van der Waals surface area contributed by atoms with Crippen LogP contribution in [0.5, 0.6) is 5.75 Å². The van der Waals surface area contributed by atoms with Crippen LogP contribution in [0.25, 0.3) is 0 Å². The van der Waals surface area contributed by atoms with Gasteiger partial charge in [0.15, 0.2) is 0 Å². The second-order valence-electron chi connectivity index (χ2n) is 7.75. The highest BCUT2D eigenvalue weighted by atomic mass is 19.1. The van der Waals surface area contributed by atoms with Crippen molar-refractivity contribution in [3.8, 4) is 5.75 Å². The van der Waals surface area contributed by atoms with Crippen molar-refractivity contribution in [1.82, 2.24) is 15.4 Å². The number of likely N-dealkylation sites (N-methyl/N-ethyl adjacent to an activating group) is 1. The quantitative estimate of drug-likeness (QED) is 0.562. The van der Waals surface area contributed by atoms with Crippen LogP contribution in [0.2, 0.25) is 0 Å². The van der Waals surface area contributed by atoms with E-state index in [2.05, 4.69) is 10.5 Å². The van der Waals surface area contributed by atoms with Crippen LogP contribution in [0, 0.1) is 19.7 Å². The maximum atomic E-state index is 13.6. The van der Waals surface area contributed by atoms with Crippen LogP contribution in [0.4, 0.5) is 4.39 Å². The van der Waals surface area contributed by atoms with Crippen LogP contribution in [-0.4, -0.2) is 36.6 Å². The summed E-state index contributed by atoms with van der Waals surface area (Å²) < 4.78 is 24.5. The summed E-state index contributed by atoms with van der Waals surface area (Å²) in [7, 11) is 3.81. The fraction of sp³-hybridized carbons (Fsp3) is 0.333. The minimum atomic E-state index is -0.285. The van der Waals surface area contributed by atoms with Gasteiger partial charge in [0.2, 0.25) is 5.91 Å². The summed E-state index contributed by atoms with van der Waals surface area (Å²) in [4.78, 5) is 14.4. The predicted molar refractivity (Wildman–Crippen MR) is 116 cm³/mol. The van der Waals surface area contributed by atoms with E-state index < -0.39 is 0 Å². The number of ether oxygens (including phenoxy) is 1. The van der Waals surface area contributed by atoms with Crippen LogP contribution in [0.15, 0.2) is 53.1 Å². The number of carbonyl (C=O) groups excluding carboxylic acids is 1. The SMILES string of the molecule is Cc1noc(C)c1COc1ccc(CC(=O)NCC(c2cccc(F)c2)N(C)C)cc1. The Morgan fingerprint density at radius 1 is 1.19 bits per heavy atom. The molecular weight excluding hydrogens is 397 g/mol. The molecule has 7 heteroatoms. The Morgan fingerprint density at radius 3 is 2.55 bits per heavy atom. The number of aryl methyl sites for hydroxylation is 2. The molecule has 1 amide bonds. The number of halogens is 1. The van der Waals surface area contributed by atoms with Crippen LogP contribution in [-0.2, 0) is 17.8 Å². The van der Waals surface area contributed by atoms with Gasteiger partial charge in [0.25, 0.3) is 0 Å². The van der Waals surface area contributed by atoms with Crippen molar-refractivity contribution in [3.05, 3.63) is 82.5 Å². The highest BCUT2D eigenvalue weighted by Gasteiger charge is 2.16. The van der Waals surface area contributed by atoms with Crippen molar-refractivity contribution < 1.29 is 18.4 Å². The topological polar surface area (TPSA) is 67.6 Å². The molecule has 0 radical (unpaired) electrons. The molecule has 1 atom stereocenters. The monoisotopic (exact) mass is 425 g/mol. The Balaban J connectivity index is 1.52. The van der Waals surface area contributed by atoms with E-state index in [0.29, 0.717) is 18.9 Å². The Morgan fingerprint density at radius 2 is 1.94 bits per heavy atom. The minimum Gasteiger partial charge on any atom is -0.489 e. The molecule has 0 spiro atoms. The standard InChI is InChI=1S/C24H28FN3O3/c1-16-22(17(2)31-27-16)15-30-21-10-8-18(9-11-21)12-24(29)26-14-23(28(3)4)19-6-5-7-20(25)13-19/h5-11,13,23H,12,14-15H2,1-4H3,(H,26,29). The van der Waals surface area contributed by atoms with Crippen molar-refractivity contribution in [1.29, 1.82) is 0 Å². The molecule has 1 N–H and O–H groups in total. The summed E-state index contributed by atoms with van der Waals surface area (Å²) in [5.41, 5.74) is 3.47. The first-order valence-electron chi connectivity index (χ1n) is 10.2. The fourth-order valence-corrected chi connectivity index (χ4v) is 3.34. The molecular formula is C24H28FN3O3. The summed E-state index contributed by atoms with van der Waals surface area (Å²) in [6.07, 6.45) is 0.257. The van der Waals surface area contributed by atoms with E-state index in [1.807, 2.05) is 63.2 Å². The van der Waals surface area contributed by atoms with Gasteiger partial charge in [-0.25, -0.2) is 4.39 Å². The lowest BCUT2D eigenvalue weighted by atomic mass is 10.1. The zero-order valence-corrected chi connectivity index (χ0v) is 18.3. The zero-order valence-electron chi connectivity index (χ0n) is 18.3. The molecule has 0 fully saturated rings. The van der Waals surface area contributed by atoms with E-state index in [-0.39, 0.29) is 24.2 Å². The number of rotatable bonds is 9. The van der Waals surface area contributed by atoms with E-state index in [1.165, 1.54) is 12.1 Å². The summed E-state index contributed by atoms with van der Waals surface area (Å²) in [6.45, 7) is 4.52. The van der Waals surface area contributed by atoms with Gasteiger partial charge in [0, 0.05) is 6.54 Å². The number of nitrogens with zero attached hydrogens (tertiary/aromatic N) is 2. The van der Waals surface area contributed by atoms with Gasteiger partial charge in [0.1, 0.15) is 23.9 Å². The molecule has 0 saturated heterocycles. The number of hydrogen-bond acceptors (Lipinski definition) is 5. The molecule has 3 aromatic rings. The van der Waals surface area contributed by atoms with Gasteiger partial charge in [0.05, 0.1) is 23.7 Å². The molecule has 1 unspecified atom stereocenters. The van der Waals surface area contributed by atoms with Crippen molar-refractivity contribution in [3.63, 3.8) is 0 Å². The third-order valence-electron chi connectivity index (χ3n) is 5.20. The zero-order chi connectivity index (χ0) is 22.4. The molecule has 0 aliphatic heterocycles. The van der Waals surface area contributed by atoms with E-state index >= 15 is 0 Å². The summed E-state index contributed by atoms with van der Waals surface area (Å²) >= 11 is 0. The maximum absolute atomic E-state index is 13.6.